The van der Waals surface area contributed by atoms with Crippen LogP contribution in [0.1, 0.15) is 6.92 Å². The summed E-state index contributed by atoms with van der Waals surface area (Å²) in [5.41, 5.74) is -0.450. The van der Waals surface area contributed by atoms with Crippen molar-refractivity contribution in [2.75, 3.05) is 26.9 Å². The number of carbonyl (C=O) groups excluding carboxylic acids is 1. The highest BCUT2D eigenvalue weighted by Gasteiger charge is 2.24. The quantitative estimate of drug-likeness (QED) is 0.498. The molecular weight excluding hydrogens is 162 g/mol. The van der Waals surface area contributed by atoms with Crippen LogP contribution >= 0.6 is 11.8 Å². The molecule has 1 atom stereocenters. The largest absolute Gasteiger partial charge is 0.376 e. The van der Waals surface area contributed by atoms with Crippen LogP contribution in [0.15, 0.2) is 0 Å². The van der Waals surface area contributed by atoms with Crippen LogP contribution in [0.4, 0.5) is 0 Å². The Morgan fingerprint density at radius 2 is 2.09 bits per heavy atom. The number of hydrogen-bond acceptors (Lipinski definition) is 3. The second-order valence-corrected chi connectivity index (χ2v) is 4.09. The van der Waals surface area contributed by atoms with Crippen molar-refractivity contribution >= 4 is 17.7 Å². The second kappa shape index (κ2) is 4.09. The molecule has 11 heavy (non-hydrogen) atoms. The highest BCUT2D eigenvalue weighted by molar-refractivity contribution is 7.99. The molecule has 0 radical (unpaired) electrons. The van der Waals surface area contributed by atoms with E-state index in [1.165, 1.54) is 18.7 Å². The fraction of sp³-hybridized carbons (Fsp3) is 0.857. The first-order chi connectivity index (χ1) is 4.90. The summed E-state index contributed by atoms with van der Waals surface area (Å²) in [5, 5.41) is 9.24. The van der Waals surface area contributed by atoms with E-state index in [4.69, 9.17) is 0 Å². The van der Waals surface area contributed by atoms with Gasteiger partial charge in [-0.3, -0.25) is 4.48 Å². The van der Waals surface area contributed by atoms with Gasteiger partial charge in [0.25, 0.3) is 0 Å². The third kappa shape index (κ3) is 3.74. The van der Waals surface area contributed by atoms with Gasteiger partial charge in [-0.15, -0.1) is 11.8 Å². The minimum Gasteiger partial charge on any atom is -0.376 e. The number of amides is 1. The van der Waals surface area contributed by atoms with Crippen LogP contribution in [0.2, 0.25) is 0 Å². The number of quaternary nitrogens is 1. The molecule has 0 saturated carbocycles. The lowest BCUT2D eigenvalue weighted by atomic mass is 10.4. The molecule has 1 N–H and O–H groups in total. The third-order valence-corrected chi connectivity index (χ3v) is 2.43. The Morgan fingerprint density at radius 1 is 1.64 bits per heavy atom. The predicted molar refractivity (Wildman–Crippen MR) is 47.2 cm³/mol. The number of aliphatic hydroxyl groups excluding tert-OH is 1. The van der Waals surface area contributed by atoms with Crippen molar-refractivity contribution in [3.8, 4) is 0 Å². The van der Waals surface area contributed by atoms with E-state index in [9.17, 15) is 9.90 Å². The monoisotopic (exact) mass is 178 g/mol. The van der Waals surface area contributed by atoms with Crippen LogP contribution in [0, 0.1) is 0 Å². The third-order valence-electron chi connectivity index (χ3n) is 1.74. The number of thioether (sulfide) groups is 1. The van der Waals surface area contributed by atoms with Crippen LogP contribution < -0.4 is 0 Å². The number of carbonyl (C=O) groups is 1. The van der Waals surface area contributed by atoms with Crippen molar-refractivity contribution in [1.82, 2.24) is 0 Å². The first kappa shape index (κ1) is 10.9. The minimum absolute atomic E-state index is 0.0677. The number of hydrogen-bond donors (Lipinski definition) is 1. The Bertz CT molecular complexity index is 147. The maximum atomic E-state index is 11.0. The van der Waals surface area contributed by atoms with Crippen molar-refractivity contribution in [3.63, 3.8) is 0 Å². The van der Waals surface area contributed by atoms with E-state index >= 15 is 0 Å². The lowest BCUT2D eigenvalue weighted by Crippen LogP contribution is -2.48. The molecule has 0 fully saturated rings. The molecule has 0 spiro atoms. The molecular formula is C7H16NO2S+. The fourth-order valence-electron chi connectivity index (χ4n) is 0.594. The molecule has 0 saturated heterocycles. The van der Waals surface area contributed by atoms with Gasteiger partial charge in [-0.05, 0) is 6.26 Å². The highest BCUT2D eigenvalue weighted by Crippen LogP contribution is 2.08. The normalized spacial score (nSPS) is 14.6. The smallest absolute Gasteiger partial charge is 0.310 e. The number of aliphatic hydroxyl groups is 1. The Morgan fingerprint density at radius 3 is 2.36 bits per heavy atom. The van der Waals surface area contributed by atoms with Gasteiger partial charge < -0.3 is 5.11 Å². The van der Waals surface area contributed by atoms with Crippen molar-refractivity contribution in [1.29, 1.82) is 0 Å². The molecule has 4 heteroatoms. The fourth-order valence-corrected chi connectivity index (χ4v) is 1.12. The molecule has 3 nitrogen and oxygen atoms in total. The summed E-state index contributed by atoms with van der Waals surface area (Å²) in [7, 11) is 3.59. The van der Waals surface area contributed by atoms with Gasteiger partial charge in [-0.1, -0.05) is 0 Å². The lowest BCUT2D eigenvalue weighted by Gasteiger charge is -2.26. The zero-order valence-corrected chi connectivity index (χ0v) is 8.31. The van der Waals surface area contributed by atoms with Crippen LogP contribution in [0.3, 0.4) is 0 Å². The van der Waals surface area contributed by atoms with E-state index in [1.807, 2.05) is 6.26 Å². The van der Waals surface area contributed by atoms with Crippen LogP contribution in [-0.2, 0) is 4.79 Å². The van der Waals surface area contributed by atoms with Crippen molar-refractivity contribution in [2.45, 2.75) is 12.4 Å². The molecule has 66 valence electrons. The van der Waals surface area contributed by atoms with Gasteiger partial charge in [0.2, 0.25) is 0 Å². The summed E-state index contributed by atoms with van der Waals surface area (Å²) in [6, 6.07) is 0. The average Bonchev–Trinajstić information content (AvgIpc) is 1.86. The van der Waals surface area contributed by atoms with Gasteiger partial charge in [0.15, 0.2) is 0 Å². The Hall–Kier alpha value is -0.0600. The van der Waals surface area contributed by atoms with Crippen molar-refractivity contribution in [2.24, 2.45) is 0 Å². The van der Waals surface area contributed by atoms with Gasteiger partial charge >= 0.3 is 5.91 Å². The summed E-state index contributed by atoms with van der Waals surface area (Å²) >= 11 is 1.36. The highest BCUT2D eigenvalue weighted by atomic mass is 32.2. The van der Waals surface area contributed by atoms with E-state index in [1.54, 1.807) is 14.1 Å². The Balaban J connectivity index is 4.01. The van der Waals surface area contributed by atoms with Crippen LogP contribution in [-0.4, -0.2) is 47.8 Å². The molecule has 0 aromatic carbocycles. The standard InChI is InChI=1S/C7H16NO2S/c1-6(9)8(2,3)5-7(10)11-4/h7,10H,5H2,1-4H3/q+1. The average molecular weight is 178 g/mol. The maximum Gasteiger partial charge on any atom is 0.310 e. The summed E-state index contributed by atoms with van der Waals surface area (Å²) in [4.78, 5) is 11.0. The molecule has 1 amide bonds. The summed E-state index contributed by atoms with van der Waals surface area (Å²) in [5.74, 6) is 0.0677. The SMILES string of the molecule is CSC(O)C[N+](C)(C)C(C)=O. The van der Waals surface area contributed by atoms with E-state index in [2.05, 4.69) is 0 Å². The molecule has 0 bridgehead atoms. The molecule has 0 rings (SSSR count). The van der Waals surface area contributed by atoms with Crippen molar-refractivity contribution in [3.05, 3.63) is 0 Å². The number of rotatable bonds is 3. The number of nitrogens with zero attached hydrogens (tertiary/aromatic N) is 1. The molecule has 0 aromatic rings. The van der Waals surface area contributed by atoms with E-state index in [0.717, 1.165) is 0 Å². The lowest BCUT2D eigenvalue weighted by molar-refractivity contribution is -0.814. The van der Waals surface area contributed by atoms with Gasteiger partial charge in [0.1, 0.15) is 12.0 Å². The summed E-state index contributed by atoms with van der Waals surface area (Å²) in [6.07, 6.45) is 1.82. The Labute approximate surface area is 72.0 Å². The zero-order chi connectivity index (χ0) is 9.07. The molecule has 0 aliphatic rings. The minimum atomic E-state index is -0.450. The molecule has 0 aromatic heterocycles. The zero-order valence-electron chi connectivity index (χ0n) is 7.50. The van der Waals surface area contributed by atoms with Gasteiger partial charge in [0.05, 0.1) is 21.0 Å². The first-order valence-electron chi connectivity index (χ1n) is 3.45. The summed E-state index contributed by atoms with van der Waals surface area (Å²) < 4.78 is 0.238. The van der Waals surface area contributed by atoms with Gasteiger partial charge in [0, 0.05) is 0 Å². The first-order valence-corrected chi connectivity index (χ1v) is 4.74. The van der Waals surface area contributed by atoms with E-state index < -0.39 is 5.44 Å². The Kier molecular flexibility index (Phi) is 4.07. The molecule has 0 aliphatic carbocycles. The van der Waals surface area contributed by atoms with Crippen LogP contribution in [0.5, 0.6) is 0 Å². The summed E-state index contributed by atoms with van der Waals surface area (Å²) in [6.45, 7) is 2.00. The van der Waals surface area contributed by atoms with Gasteiger partial charge in [-0.25, -0.2) is 4.79 Å². The number of likely N-dealkylation sites (N-methyl/N-ethyl adjacent to an activating group) is 1. The van der Waals surface area contributed by atoms with E-state index in [0.29, 0.717) is 6.54 Å². The molecule has 0 aliphatic heterocycles. The topological polar surface area (TPSA) is 37.3 Å². The van der Waals surface area contributed by atoms with E-state index in [-0.39, 0.29) is 10.4 Å². The molecule has 0 heterocycles. The van der Waals surface area contributed by atoms with Crippen molar-refractivity contribution < 1.29 is 14.4 Å². The van der Waals surface area contributed by atoms with Gasteiger partial charge in [-0.2, -0.15) is 0 Å². The van der Waals surface area contributed by atoms with Crippen LogP contribution in [0.25, 0.3) is 0 Å². The second-order valence-electron chi connectivity index (χ2n) is 3.08. The maximum absolute atomic E-state index is 11.0. The predicted octanol–water partition coefficient (Wildman–Crippen LogP) is 0.291. The molecule has 1 unspecified atom stereocenters.